The Bertz CT molecular complexity index is 2340. The minimum atomic E-state index is -2.42. The first-order valence-electron chi connectivity index (χ1n) is 39.2. The van der Waals surface area contributed by atoms with Crippen molar-refractivity contribution >= 4 is 158 Å². The Morgan fingerprint density at radius 1 is 0.370 bits per heavy atom. The zero-order valence-corrected chi connectivity index (χ0v) is 88.6. The highest BCUT2D eigenvalue weighted by atomic mass is 28.5. The number of allylic oxidation sites excluding steroid dienone is 1. The Labute approximate surface area is 695 Å². The second kappa shape index (κ2) is 50.3. The third-order valence-electron chi connectivity index (χ3n) is 19.1. The molecule has 0 aromatic rings. The largest absolute Gasteiger partial charge is 0.461 e. The van der Waals surface area contributed by atoms with Crippen LogP contribution in [0.3, 0.4) is 0 Å². The van der Waals surface area contributed by atoms with Gasteiger partial charge in [0, 0.05) is 0 Å². The first-order valence-corrected chi connectivity index (χ1v) is 87.2. The van der Waals surface area contributed by atoms with Gasteiger partial charge in [0.2, 0.25) is 0 Å². The minimum absolute atomic E-state index is 0. The van der Waals surface area contributed by atoms with E-state index in [-0.39, 0.29) is 59.4 Å². The zero-order chi connectivity index (χ0) is 75.4. The van der Waals surface area contributed by atoms with Gasteiger partial charge < -0.3 is 80.7 Å². The molecule has 0 spiro atoms. The average molecular weight is 1850 g/mol. The number of epoxide rings is 4. The fraction of sp³-hybridized carbons (Fsp3) is 0.972. The highest BCUT2D eigenvalue weighted by molar-refractivity contribution is 6.93. The Morgan fingerprint density at radius 2 is 0.694 bits per heavy atom. The monoisotopic (exact) mass is 1840 g/mol. The number of rotatable bonds is 24. The number of hydrogen-bond donors (Lipinski definition) is 0. The third kappa shape index (κ3) is 49.0. The molecule has 4 aliphatic carbocycles. The molecule has 0 N–H and O–H groups in total. The van der Waals surface area contributed by atoms with E-state index < -0.39 is 158 Å². The smallest absolute Gasteiger partial charge is 0.315 e. The van der Waals surface area contributed by atoms with E-state index in [4.69, 9.17) is 80.7 Å². The summed E-state index contributed by atoms with van der Waals surface area (Å²) < 4.78 is 116. The molecule has 10 fully saturated rings. The molecule has 6 saturated heterocycles. The number of hydrogen-bond acceptors (Lipinski definition) is 19. The molecule has 108 heavy (non-hydrogen) atoms. The normalized spacial score (nSPS) is 31.3. The summed E-state index contributed by atoms with van der Waals surface area (Å²) in [6, 6.07) is 3.56. The Kier molecular flexibility index (Phi) is 54.6. The fourth-order valence-electron chi connectivity index (χ4n) is 16.3. The molecule has 10 rings (SSSR count). The quantitative estimate of drug-likeness (QED) is 0.0503. The first-order chi connectivity index (χ1) is 45.7. The van der Waals surface area contributed by atoms with Gasteiger partial charge in [0.1, 0.15) is 0 Å². The Morgan fingerprint density at radius 3 is 1.00 bits per heavy atom. The molecule has 0 radical (unpaired) electrons. The lowest BCUT2D eigenvalue weighted by molar-refractivity contribution is 0.238. The van der Waals surface area contributed by atoms with E-state index >= 15 is 0 Å². The molecule has 10 aliphatic rings. The topological polar surface area (TPSA) is 189 Å². The molecule has 37 heteroatoms. The van der Waals surface area contributed by atoms with Crippen LogP contribution >= 0.6 is 0 Å². The summed E-state index contributed by atoms with van der Waals surface area (Å²) in [6.45, 7) is 71.3. The molecule has 19 nitrogen and oxygen atoms in total. The van der Waals surface area contributed by atoms with E-state index in [0.29, 0.717) is 48.8 Å². The summed E-state index contributed by atoms with van der Waals surface area (Å²) in [5.74, 6) is 3.15. The van der Waals surface area contributed by atoms with Crippen molar-refractivity contribution in [2.45, 2.75) is 426 Å². The average Bonchev–Trinajstić information content (AvgIpc) is 1.04. The molecule has 0 aromatic carbocycles. The minimum Gasteiger partial charge on any atom is -0.461 e. The van der Waals surface area contributed by atoms with Gasteiger partial charge in [-0.2, -0.15) is 0 Å². The van der Waals surface area contributed by atoms with Gasteiger partial charge >= 0.3 is 68.5 Å². The highest BCUT2D eigenvalue weighted by Gasteiger charge is 2.53. The van der Waals surface area contributed by atoms with Crippen LogP contribution in [0.5, 0.6) is 0 Å². The van der Waals surface area contributed by atoms with Crippen LogP contribution < -0.4 is 0 Å². The van der Waals surface area contributed by atoms with E-state index in [1.165, 1.54) is 108 Å². The van der Waals surface area contributed by atoms with Gasteiger partial charge in [-0.05, 0) is 328 Å². The summed E-state index contributed by atoms with van der Waals surface area (Å²) in [5, 5.41) is 0. The summed E-state index contributed by atoms with van der Waals surface area (Å²) >= 11 is 0. The maximum absolute atomic E-state index is 7.35. The summed E-state index contributed by atoms with van der Waals surface area (Å²) in [7, 11) is -29.8. The third-order valence-corrected chi connectivity index (χ3v) is 80.0. The maximum Gasteiger partial charge on any atom is 0.315 e. The van der Waals surface area contributed by atoms with E-state index in [0.717, 1.165) is 29.7 Å². The van der Waals surface area contributed by atoms with E-state index in [1.54, 1.807) is 0 Å². The molecule has 6 heterocycles. The van der Waals surface area contributed by atoms with Crippen molar-refractivity contribution in [3.63, 3.8) is 0 Å². The summed E-state index contributed by atoms with van der Waals surface area (Å²) in [6.07, 6.45) is 25.9. The molecule has 0 amide bonds. The Balaban J connectivity index is -0.000000674. The number of fused-ring (bicyclic) bond motifs is 4. The van der Waals surface area contributed by atoms with Crippen LogP contribution in [0.2, 0.25) is 221 Å². The first kappa shape index (κ1) is 117. The fourth-order valence-corrected chi connectivity index (χ4v) is 87.8. The van der Waals surface area contributed by atoms with Crippen molar-refractivity contribution in [3.8, 4) is 0 Å². The molecule has 16 unspecified atom stereocenters. The molecule has 0 aromatic heterocycles. The van der Waals surface area contributed by atoms with Gasteiger partial charge in [0.15, 0.2) is 52.8 Å². The summed E-state index contributed by atoms with van der Waals surface area (Å²) in [4.78, 5) is 0. The predicted molar refractivity (Wildman–Crippen MR) is 509 cm³/mol. The van der Waals surface area contributed by atoms with Gasteiger partial charge in [-0.1, -0.05) is 78.3 Å². The van der Waals surface area contributed by atoms with Crippen molar-refractivity contribution in [2.75, 3.05) is 0 Å². The second-order valence-electron chi connectivity index (χ2n) is 36.0. The molecule has 16 atom stereocenters. The lowest BCUT2D eigenvalue weighted by Crippen LogP contribution is -2.64. The highest BCUT2D eigenvalue weighted by Crippen LogP contribution is 2.46. The Hall–Kier alpha value is 2.88. The predicted octanol–water partition coefficient (Wildman–Crippen LogP) is 20.6. The van der Waals surface area contributed by atoms with Gasteiger partial charge in [-0.15, -0.1) is 6.58 Å². The van der Waals surface area contributed by atoms with E-state index in [2.05, 4.69) is 196 Å². The van der Waals surface area contributed by atoms with Crippen LogP contribution in [0.15, 0.2) is 12.7 Å². The van der Waals surface area contributed by atoms with Crippen molar-refractivity contribution in [2.24, 2.45) is 23.7 Å². The van der Waals surface area contributed by atoms with Gasteiger partial charge in [0.25, 0.3) is 37.1 Å². The van der Waals surface area contributed by atoms with Gasteiger partial charge in [-0.25, -0.2) is 0 Å². The van der Waals surface area contributed by atoms with Crippen LogP contribution in [0.1, 0.15) is 156 Å². The standard InChI is InChI=1S/C31H60O6Si4.C8H24O4Si4.C8H12O.C7H24O3Si4.C5H18O4Si4.C4H14OSi2.8CH4/c1-38(2,17-14-23-8-11-26-29(20-23)32-26)35-40(5,6)37-41(7,19-16-25-10-13-28-31(22-25)34-28)36-39(3,4)18-15-24-9-12-27-30(21-24)33-27;1-13(2)9-14(3,4)11-16(7,8)12-15(5,6)10-13;1-2-6-3-4-7-8(5-6)9-7;1-11(2)8-13(5)10-14(6,7)9-12(3)4;1-10-6-11(2)8-13(4,5)9-12(3)7-10;1-6(2)5-7(3)4;;;;;;;;/h23-31H,8-22H2,1-7H3;1-8H3;2,6-8H,1,3-5H2;11-13H,1-7H3;10-12H,1-5H3;6-7H,1-4H3;8*1H4. The molecular formula is C71H184O19Si18. The van der Waals surface area contributed by atoms with Crippen LogP contribution in [0, 0.1) is 23.7 Å². The van der Waals surface area contributed by atoms with Crippen molar-refractivity contribution in [1.82, 2.24) is 0 Å². The molecule has 654 valence electrons. The van der Waals surface area contributed by atoms with Crippen molar-refractivity contribution in [1.29, 1.82) is 0 Å². The van der Waals surface area contributed by atoms with Crippen molar-refractivity contribution < 1.29 is 80.7 Å². The second-order valence-corrected chi connectivity index (χ2v) is 93.1. The lowest BCUT2D eigenvalue weighted by atomic mass is 9.88. The zero-order valence-electron chi connectivity index (χ0n) is 69.3. The lowest BCUT2D eigenvalue weighted by Gasteiger charge is -2.46. The van der Waals surface area contributed by atoms with Crippen molar-refractivity contribution in [3.05, 3.63) is 12.7 Å². The molecule has 0 bridgehead atoms. The van der Waals surface area contributed by atoms with Crippen LogP contribution in [0.4, 0.5) is 0 Å². The van der Waals surface area contributed by atoms with E-state index in [1.807, 2.05) is 19.6 Å². The SMILES string of the molecule is C.C.C.C.C.C.C.C.C=CC1CCC2OC2C1.C[SiH](C)O[SiH](C)C.C[SiH](C)O[SiH](C)O[Si](C)(C)O[SiH](C)C.C[SiH]1O[SiH](C)O[Si](C)(C)O[SiH](C)O1.C[Si](C)(CCC1CCC2OC2C1)O[Si](C)(C)O[Si](C)(CCC1CCC2OC2C1)O[Si](C)(C)CCC1CCC2OC2C1.C[Si]1(C)O[Si](C)(C)O[Si](C)(C)O[Si](C)(C)O1. The summed E-state index contributed by atoms with van der Waals surface area (Å²) in [5.41, 5.74) is 0. The molecule has 4 saturated carbocycles. The molecule has 6 aliphatic heterocycles. The van der Waals surface area contributed by atoms with Crippen LogP contribution in [0.25, 0.3) is 0 Å². The van der Waals surface area contributed by atoms with Crippen LogP contribution in [-0.2, 0) is 80.7 Å². The molecular weight excluding hydrogens is 1660 g/mol. The number of ether oxygens (including phenoxy) is 4. The van der Waals surface area contributed by atoms with Crippen LogP contribution in [-0.4, -0.2) is 207 Å². The van der Waals surface area contributed by atoms with Gasteiger partial charge in [0.05, 0.1) is 48.8 Å². The van der Waals surface area contributed by atoms with Gasteiger partial charge in [-0.3, -0.25) is 0 Å². The van der Waals surface area contributed by atoms with E-state index in [9.17, 15) is 0 Å². The maximum atomic E-state index is 7.35.